The normalized spacial score (nSPS) is 16.9. The molecule has 0 saturated carbocycles. The molecule has 0 aromatic carbocycles. The van der Waals surface area contributed by atoms with E-state index >= 15 is 0 Å². The summed E-state index contributed by atoms with van der Waals surface area (Å²) >= 11 is 0. The third kappa shape index (κ3) is 1.55. The quantitative estimate of drug-likeness (QED) is 0.704. The molecule has 5 heteroatoms. The van der Waals surface area contributed by atoms with Gasteiger partial charge in [0.05, 0.1) is 13.2 Å². The summed E-state index contributed by atoms with van der Waals surface area (Å²) in [7, 11) is 0. The van der Waals surface area contributed by atoms with Gasteiger partial charge in [0, 0.05) is 24.7 Å². The van der Waals surface area contributed by atoms with Crippen LogP contribution in [0.2, 0.25) is 0 Å². The molecule has 13 heavy (non-hydrogen) atoms. The maximum atomic E-state index is 11.5. The summed E-state index contributed by atoms with van der Waals surface area (Å²) < 4.78 is 6.35. The lowest BCUT2D eigenvalue weighted by molar-refractivity contribution is -0.0332. The number of hydrogen-bond donors (Lipinski definition) is 1. The zero-order chi connectivity index (χ0) is 9.26. The van der Waals surface area contributed by atoms with Crippen LogP contribution in [0.1, 0.15) is 11.2 Å². The van der Waals surface area contributed by atoms with Gasteiger partial charge in [-0.15, -0.1) is 0 Å². The molecule has 2 rings (SSSR count). The number of ether oxygens (including phenoxy) is 1. The molecule has 2 heterocycles. The van der Waals surface area contributed by atoms with Crippen LogP contribution in [-0.4, -0.2) is 28.7 Å². The van der Waals surface area contributed by atoms with Gasteiger partial charge in [-0.1, -0.05) is 0 Å². The minimum absolute atomic E-state index is 0.0108. The van der Waals surface area contributed by atoms with E-state index in [0.29, 0.717) is 25.6 Å². The Hall–Kier alpha value is -1.36. The lowest BCUT2D eigenvalue weighted by Gasteiger charge is -2.25. The second-order valence-corrected chi connectivity index (χ2v) is 3.16. The van der Waals surface area contributed by atoms with E-state index in [2.05, 4.69) is 4.98 Å². The van der Waals surface area contributed by atoms with Crippen LogP contribution in [-0.2, 0) is 4.74 Å². The Morgan fingerprint density at radius 2 is 2.54 bits per heavy atom. The molecule has 1 aliphatic rings. The summed E-state index contributed by atoms with van der Waals surface area (Å²) in [6.45, 7) is 1.36. The van der Waals surface area contributed by atoms with Gasteiger partial charge >= 0.3 is 0 Å². The summed E-state index contributed by atoms with van der Waals surface area (Å²) in [5, 5.41) is 0. The van der Waals surface area contributed by atoms with E-state index < -0.39 is 0 Å². The predicted molar refractivity (Wildman–Crippen MR) is 46.2 cm³/mol. The maximum Gasteiger partial charge on any atom is 0.233 e. The van der Waals surface area contributed by atoms with Gasteiger partial charge in [-0.05, 0) is 0 Å². The molecule has 1 fully saturated rings. The first-order chi connectivity index (χ1) is 6.27. The fourth-order valence-corrected chi connectivity index (χ4v) is 1.27. The van der Waals surface area contributed by atoms with E-state index in [1.165, 1.54) is 10.8 Å². The van der Waals surface area contributed by atoms with Crippen molar-refractivity contribution in [1.29, 1.82) is 0 Å². The topological polar surface area (TPSA) is 70.1 Å². The molecule has 0 atom stereocenters. The van der Waals surface area contributed by atoms with Gasteiger partial charge in [0.2, 0.25) is 11.9 Å². The maximum absolute atomic E-state index is 11.5. The molecule has 1 aromatic heterocycles. The monoisotopic (exact) mass is 181 g/mol. The number of nitrogens with zero attached hydrogens (tertiary/aromatic N) is 2. The Balaban J connectivity index is 2.00. The average Bonchev–Trinajstić information content (AvgIpc) is 2.43. The molecule has 0 bridgehead atoms. The third-order valence-electron chi connectivity index (χ3n) is 2.11. The van der Waals surface area contributed by atoms with Crippen molar-refractivity contribution in [3.05, 3.63) is 12.4 Å². The van der Waals surface area contributed by atoms with Crippen LogP contribution >= 0.6 is 0 Å². The Morgan fingerprint density at radius 3 is 3.00 bits per heavy atom. The van der Waals surface area contributed by atoms with Crippen molar-refractivity contribution in [2.75, 3.05) is 18.9 Å². The molecule has 70 valence electrons. The Bertz CT molecular complexity index is 317. The fraction of sp³-hybridized carbons (Fsp3) is 0.500. The molecule has 1 aliphatic heterocycles. The number of nitrogen functional groups attached to an aromatic ring is 1. The van der Waals surface area contributed by atoms with E-state index in [0.717, 1.165) is 0 Å². The number of carbonyl (C=O) groups is 1. The first-order valence-corrected chi connectivity index (χ1v) is 4.17. The second-order valence-electron chi connectivity index (χ2n) is 3.16. The average molecular weight is 181 g/mol. The zero-order valence-corrected chi connectivity index (χ0v) is 7.14. The van der Waals surface area contributed by atoms with Crippen molar-refractivity contribution < 1.29 is 9.53 Å². The molecule has 0 radical (unpaired) electrons. The molecule has 2 N–H and O–H groups in total. The molecular formula is C8H11N3O2. The minimum atomic E-state index is -0.0108. The van der Waals surface area contributed by atoms with Crippen LogP contribution in [0.25, 0.3) is 0 Å². The van der Waals surface area contributed by atoms with Gasteiger partial charge in [0.15, 0.2) is 0 Å². The van der Waals surface area contributed by atoms with Crippen LogP contribution in [0, 0.1) is 5.92 Å². The lowest BCUT2D eigenvalue weighted by atomic mass is 10.0. The first-order valence-electron chi connectivity index (χ1n) is 4.17. The SMILES string of the molecule is Nc1nccn1C(=O)CC1COC1. The van der Waals surface area contributed by atoms with Crippen molar-refractivity contribution in [1.82, 2.24) is 9.55 Å². The Labute approximate surface area is 75.5 Å². The van der Waals surface area contributed by atoms with Gasteiger partial charge in [-0.2, -0.15) is 0 Å². The summed E-state index contributed by atoms with van der Waals surface area (Å²) in [5.41, 5.74) is 5.48. The van der Waals surface area contributed by atoms with E-state index in [9.17, 15) is 4.79 Å². The molecule has 5 nitrogen and oxygen atoms in total. The first kappa shape index (κ1) is 8.25. The number of carbonyl (C=O) groups excluding carboxylic acids is 1. The Morgan fingerprint density at radius 1 is 1.77 bits per heavy atom. The van der Waals surface area contributed by atoms with Crippen LogP contribution in [0.3, 0.4) is 0 Å². The zero-order valence-electron chi connectivity index (χ0n) is 7.14. The molecule has 0 aliphatic carbocycles. The number of imidazole rings is 1. The highest BCUT2D eigenvalue weighted by Gasteiger charge is 2.22. The van der Waals surface area contributed by atoms with Gasteiger partial charge in [0.1, 0.15) is 0 Å². The number of rotatable bonds is 2. The lowest BCUT2D eigenvalue weighted by Crippen LogP contribution is -2.31. The van der Waals surface area contributed by atoms with E-state index in [1.807, 2.05) is 0 Å². The molecule has 0 amide bonds. The largest absolute Gasteiger partial charge is 0.381 e. The molecule has 1 saturated heterocycles. The second kappa shape index (κ2) is 3.18. The van der Waals surface area contributed by atoms with Crippen LogP contribution in [0.15, 0.2) is 12.4 Å². The van der Waals surface area contributed by atoms with Gasteiger partial charge in [-0.3, -0.25) is 9.36 Å². The highest BCUT2D eigenvalue weighted by atomic mass is 16.5. The van der Waals surface area contributed by atoms with E-state index in [4.69, 9.17) is 10.5 Å². The minimum Gasteiger partial charge on any atom is -0.381 e. The molecular weight excluding hydrogens is 170 g/mol. The van der Waals surface area contributed by atoms with Crippen molar-refractivity contribution >= 4 is 11.9 Å². The van der Waals surface area contributed by atoms with Crippen LogP contribution in [0.5, 0.6) is 0 Å². The van der Waals surface area contributed by atoms with Gasteiger partial charge in [-0.25, -0.2) is 4.98 Å². The number of anilines is 1. The molecule has 0 spiro atoms. The summed E-state index contributed by atoms with van der Waals surface area (Å²) in [5.74, 6) is 0.600. The van der Waals surface area contributed by atoms with Crippen molar-refractivity contribution in [2.24, 2.45) is 5.92 Å². The van der Waals surface area contributed by atoms with E-state index in [-0.39, 0.29) is 11.9 Å². The van der Waals surface area contributed by atoms with Gasteiger partial charge < -0.3 is 10.5 Å². The summed E-state index contributed by atoms with van der Waals surface area (Å²) in [4.78, 5) is 15.3. The standard InChI is InChI=1S/C8H11N3O2/c9-8-10-1-2-11(8)7(12)3-6-4-13-5-6/h1-2,6H,3-5H2,(H2,9,10). The molecule has 1 aromatic rings. The predicted octanol–water partition coefficient (Wildman–Crippen LogP) is 0.142. The molecule has 0 unspecified atom stereocenters. The van der Waals surface area contributed by atoms with Gasteiger partial charge in [0.25, 0.3) is 0 Å². The third-order valence-corrected chi connectivity index (χ3v) is 2.11. The summed E-state index contributed by atoms with van der Waals surface area (Å²) in [6.07, 6.45) is 3.59. The fourth-order valence-electron chi connectivity index (χ4n) is 1.27. The Kier molecular flexibility index (Phi) is 2.02. The van der Waals surface area contributed by atoms with Crippen molar-refractivity contribution in [3.8, 4) is 0 Å². The van der Waals surface area contributed by atoms with E-state index in [1.54, 1.807) is 6.20 Å². The van der Waals surface area contributed by atoms with Crippen LogP contribution in [0.4, 0.5) is 5.95 Å². The summed E-state index contributed by atoms with van der Waals surface area (Å²) in [6, 6.07) is 0. The number of hydrogen-bond acceptors (Lipinski definition) is 4. The highest BCUT2D eigenvalue weighted by molar-refractivity contribution is 5.81. The highest BCUT2D eigenvalue weighted by Crippen LogP contribution is 2.15. The smallest absolute Gasteiger partial charge is 0.233 e. The van der Waals surface area contributed by atoms with Crippen molar-refractivity contribution in [2.45, 2.75) is 6.42 Å². The van der Waals surface area contributed by atoms with Crippen molar-refractivity contribution in [3.63, 3.8) is 0 Å². The number of nitrogens with two attached hydrogens (primary N) is 1. The van der Waals surface area contributed by atoms with Crippen LogP contribution < -0.4 is 5.73 Å². The number of aromatic nitrogens is 2.